The van der Waals surface area contributed by atoms with Crippen LogP contribution < -0.4 is 10.6 Å². The first-order chi connectivity index (χ1) is 13.4. The molecule has 0 aliphatic heterocycles. The molecule has 3 rings (SSSR count). The zero-order valence-electron chi connectivity index (χ0n) is 15.8. The molecule has 28 heavy (non-hydrogen) atoms. The highest BCUT2D eigenvalue weighted by Gasteiger charge is 2.20. The maximum atomic E-state index is 12.6. The number of rotatable bonds is 6. The summed E-state index contributed by atoms with van der Waals surface area (Å²) < 4.78 is 0. The Hall–Kier alpha value is -2.89. The quantitative estimate of drug-likeness (QED) is 0.650. The fourth-order valence-corrected chi connectivity index (χ4v) is 3.01. The van der Waals surface area contributed by atoms with Gasteiger partial charge in [0.1, 0.15) is 0 Å². The van der Waals surface area contributed by atoms with E-state index < -0.39 is 6.04 Å². The maximum Gasteiger partial charge on any atom is 0.241 e. The van der Waals surface area contributed by atoms with E-state index in [0.717, 1.165) is 16.5 Å². The van der Waals surface area contributed by atoms with Crippen molar-refractivity contribution in [2.75, 3.05) is 24.2 Å². The predicted octanol–water partition coefficient (Wildman–Crippen LogP) is 4.39. The minimum absolute atomic E-state index is 0.0670. The summed E-state index contributed by atoms with van der Waals surface area (Å²) in [6.07, 6.45) is 0. The molecule has 6 heteroatoms. The number of fused-ring (bicyclic) bond motifs is 1. The predicted molar refractivity (Wildman–Crippen MR) is 115 cm³/mol. The normalized spacial score (nSPS) is 12.0. The Labute approximate surface area is 169 Å². The van der Waals surface area contributed by atoms with Crippen molar-refractivity contribution in [2.24, 2.45) is 0 Å². The Kier molecular flexibility index (Phi) is 6.29. The molecule has 0 radical (unpaired) electrons. The molecule has 0 aromatic heterocycles. The number of carbonyl (C=O) groups excluding carboxylic acids is 2. The second kappa shape index (κ2) is 8.87. The van der Waals surface area contributed by atoms with Gasteiger partial charge in [-0.3, -0.25) is 14.5 Å². The zero-order valence-corrected chi connectivity index (χ0v) is 16.5. The third-order valence-corrected chi connectivity index (χ3v) is 4.93. The van der Waals surface area contributed by atoms with Crippen LogP contribution in [0.5, 0.6) is 0 Å². The highest BCUT2D eigenvalue weighted by molar-refractivity contribution is 6.33. The van der Waals surface area contributed by atoms with Gasteiger partial charge in [-0.1, -0.05) is 54.1 Å². The molecule has 0 aliphatic rings. The molecule has 2 amide bonds. The van der Waals surface area contributed by atoms with Crippen molar-refractivity contribution in [2.45, 2.75) is 13.0 Å². The van der Waals surface area contributed by atoms with Gasteiger partial charge in [0.2, 0.25) is 11.8 Å². The van der Waals surface area contributed by atoms with Crippen LogP contribution in [-0.4, -0.2) is 36.3 Å². The van der Waals surface area contributed by atoms with E-state index in [1.807, 2.05) is 42.5 Å². The summed E-state index contributed by atoms with van der Waals surface area (Å²) in [5.41, 5.74) is 1.28. The molecule has 1 atom stereocenters. The summed E-state index contributed by atoms with van der Waals surface area (Å²) in [4.78, 5) is 26.5. The highest BCUT2D eigenvalue weighted by atomic mass is 35.5. The molecule has 144 valence electrons. The van der Waals surface area contributed by atoms with Crippen LogP contribution in [0.4, 0.5) is 11.4 Å². The van der Waals surface area contributed by atoms with Crippen molar-refractivity contribution in [3.8, 4) is 0 Å². The minimum Gasteiger partial charge on any atom is -0.325 e. The fraction of sp³-hybridized carbons (Fsp3) is 0.182. The zero-order chi connectivity index (χ0) is 20.1. The van der Waals surface area contributed by atoms with Crippen LogP contribution in [0.1, 0.15) is 6.92 Å². The molecular formula is C22H22ClN3O2. The maximum absolute atomic E-state index is 12.6. The average Bonchev–Trinajstić information content (AvgIpc) is 2.69. The first-order valence-electron chi connectivity index (χ1n) is 8.98. The summed E-state index contributed by atoms with van der Waals surface area (Å²) in [5, 5.41) is 8.32. The van der Waals surface area contributed by atoms with E-state index in [2.05, 4.69) is 10.6 Å². The molecule has 0 saturated heterocycles. The Morgan fingerprint density at radius 2 is 1.64 bits per heavy atom. The van der Waals surface area contributed by atoms with Gasteiger partial charge in [-0.05, 0) is 49.0 Å². The molecule has 0 spiro atoms. The van der Waals surface area contributed by atoms with Gasteiger partial charge in [-0.15, -0.1) is 0 Å². The van der Waals surface area contributed by atoms with E-state index in [1.54, 1.807) is 43.1 Å². The second-order valence-corrected chi connectivity index (χ2v) is 7.08. The molecule has 0 fully saturated rings. The molecule has 0 aliphatic carbocycles. The van der Waals surface area contributed by atoms with Crippen LogP contribution >= 0.6 is 11.6 Å². The molecule has 0 unspecified atom stereocenters. The van der Waals surface area contributed by atoms with Crippen LogP contribution in [0, 0.1) is 0 Å². The Morgan fingerprint density at radius 1 is 0.964 bits per heavy atom. The molecule has 0 saturated carbocycles. The van der Waals surface area contributed by atoms with Gasteiger partial charge in [0.05, 0.1) is 23.3 Å². The lowest BCUT2D eigenvalue weighted by Gasteiger charge is -2.23. The topological polar surface area (TPSA) is 61.4 Å². The lowest BCUT2D eigenvalue weighted by Crippen LogP contribution is -2.43. The lowest BCUT2D eigenvalue weighted by atomic mass is 10.1. The first kappa shape index (κ1) is 19.9. The van der Waals surface area contributed by atoms with Crippen LogP contribution in [0.15, 0.2) is 66.7 Å². The number of benzene rings is 3. The molecule has 2 N–H and O–H groups in total. The van der Waals surface area contributed by atoms with Crippen molar-refractivity contribution in [1.82, 2.24) is 4.90 Å². The van der Waals surface area contributed by atoms with Crippen LogP contribution in [0.2, 0.25) is 5.02 Å². The van der Waals surface area contributed by atoms with Gasteiger partial charge in [-0.2, -0.15) is 0 Å². The molecule has 5 nitrogen and oxygen atoms in total. The molecular weight excluding hydrogens is 374 g/mol. The van der Waals surface area contributed by atoms with E-state index in [0.29, 0.717) is 10.7 Å². The Balaban J connectivity index is 1.58. The monoisotopic (exact) mass is 395 g/mol. The second-order valence-electron chi connectivity index (χ2n) is 6.67. The van der Waals surface area contributed by atoms with E-state index in [4.69, 9.17) is 11.6 Å². The molecule has 3 aromatic rings. The van der Waals surface area contributed by atoms with Crippen LogP contribution in [0.3, 0.4) is 0 Å². The number of carbonyl (C=O) groups is 2. The number of hydrogen-bond acceptors (Lipinski definition) is 3. The van der Waals surface area contributed by atoms with E-state index in [9.17, 15) is 9.59 Å². The molecule has 0 heterocycles. The van der Waals surface area contributed by atoms with Crippen molar-refractivity contribution in [3.05, 3.63) is 71.8 Å². The summed E-state index contributed by atoms with van der Waals surface area (Å²) in [7, 11) is 1.73. The van der Waals surface area contributed by atoms with Crippen molar-refractivity contribution >= 4 is 45.6 Å². The van der Waals surface area contributed by atoms with Crippen LogP contribution in [-0.2, 0) is 9.59 Å². The van der Waals surface area contributed by atoms with Gasteiger partial charge in [0.25, 0.3) is 0 Å². The lowest BCUT2D eigenvalue weighted by molar-refractivity contribution is -0.122. The van der Waals surface area contributed by atoms with Gasteiger partial charge in [-0.25, -0.2) is 0 Å². The Bertz CT molecular complexity index is 1010. The van der Waals surface area contributed by atoms with Gasteiger partial charge >= 0.3 is 0 Å². The summed E-state index contributed by atoms with van der Waals surface area (Å²) in [5.74, 6) is -0.413. The average molecular weight is 396 g/mol. The molecule has 0 bridgehead atoms. The summed E-state index contributed by atoms with van der Waals surface area (Å²) in [6.45, 7) is 1.83. The fourth-order valence-electron chi connectivity index (χ4n) is 2.83. The van der Waals surface area contributed by atoms with Crippen molar-refractivity contribution < 1.29 is 9.59 Å². The van der Waals surface area contributed by atoms with Crippen molar-refractivity contribution in [3.63, 3.8) is 0 Å². The summed E-state index contributed by atoms with van der Waals surface area (Å²) >= 11 is 6.06. The number of amides is 2. The minimum atomic E-state index is -0.483. The number of para-hydroxylation sites is 1. The Morgan fingerprint density at radius 3 is 2.39 bits per heavy atom. The largest absolute Gasteiger partial charge is 0.325 e. The van der Waals surface area contributed by atoms with E-state index in [1.165, 1.54) is 0 Å². The highest BCUT2D eigenvalue weighted by Crippen LogP contribution is 2.21. The summed E-state index contributed by atoms with van der Waals surface area (Å²) in [6, 6.07) is 20.3. The van der Waals surface area contributed by atoms with Gasteiger partial charge in [0, 0.05) is 5.69 Å². The van der Waals surface area contributed by atoms with Crippen molar-refractivity contribution in [1.29, 1.82) is 0 Å². The number of halogens is 1. The number of nitrogens with one attached hydrogen (secondary N) is 2. The first-order valence-corrected chi connectivity index (χ1v) is 9.36. The number of hydrogen-bond donors (Lipinski definition) is 2. The third kappa shape index (κ3) is 4.88. The van der Waals surface area contributed by atoms with Crippen LogP contribution in [0.25, 0.3) is 10.8 Å². The number of likely N-dealkylation sites (N-methyl/N-ethyl adjacent to an activating group) is 1. The standard InChI is InChI=1S/C22H22ClN3O2/c1-15(26(2)14-21(27)25-20-10-6-5-9-19(20)23)22(28)24-18-12-11-16-7-3-4-8-17(16)13-18/h3-13,15H,14H2,1-2H3,(H,24,28)(H,25,27)/t15-/m1/s1. The van der Waals surface area contributed by atoms with E-state index >= 15 is 0 Å². The number of anilines is 2. The third-order valence-electron chi connectivity index (χ3n) is 4.60. The van der Waals surface area contributed by atoms with E-state index in [-0.39, 0.29) is 18.4 Å². The SMILES string of the molecule is C[C@H](C(=O)Nc1ccc2ccccc2c1)N(C)CC(=O)Nc1ccccc1Cl. The molecule has 3 aromatic carbocycles. The number of nitrogens with zero attached hydrogens (tertiary/aromatic N) is 1. The van der Waals surface area contributed by atoms with Gasteiger partial charge in [0.15, 0.2) is 0 Å². The van der Waals surface area contributed by atoms with Gasteiger partial charge < -0.3 is 10.6 Å². The smallest absolute Gasteiger partial charge is 0.241 e.